The van der Waals surface area contributed by atoms with Crippen molar-refractivity contribution < 1.29 is 14.3 Å². The molecule has 0 radical (unpaired) electrons. The summed E-state index contributed by atoms with van der Waals surface area (Å²) < 4.78 is 13.3. The first-order valence-corrected chi connectivity index (χ1v) is 11.6. The lowest BCUT2D eigenvalue weighted by Gasteiger charge is -2.49. The Morgan fingerprint density at radius 1 is 1.03 bits per heavy atom. The van der Waals surface area contributed by atoms with Gasteiger partial charge < -0.3 is 10.4 Å². The Hall–Kier alpha value is -3.02. The number of hydrogen-bond donors (Lipinski definition) is 2. The predicted molar refractivity (Wildman–Crippen MR) is 128 cm³/mol. The van der Waals surface area contributed by atoms with Crippen LogP contribution >= 0.6 is 0 Å². The molecule has 33 heavy (non-hydrogen) atoms. The first-order valence-electron chi connectivity index (χ1n) is 11.6. The minimum absolute atomic E-state index is 0.171. The summed E-state index contributed by atoms with van der Waals surface area (Å²) in [5.74, 6) is -0.699. The average molecular weight is 447 g/mol. The van der Waals surface area contributed by atoms with Crippen molar-refractivity contribution in [1.82, 2.24) is 10.2 Å². The molecule has 1 heterocycles. The lowest BCUT2D eigenvalue weighted by Crippen LogP contribution is -2.62. The second-order valence-electron chi connectivity index (χ2n) is 9.05. The van der Waals surface area contributed by atoms with Crippen LogP contribution in [-0.2, 0) is 6.42 Å². The fourth-order valence-corrected chi connectivity index (χ4v) is 4.71. The molecular formula is C28H31FN2O2. The molecule has 2 N–H and O–H groups in total. The summed E-state index contributed by atoms with van der Waals surface area (Å²) in [5.41, 5.74) is 1.66. The zero-order valence-electron chi connectivity index (χ0n) is 19.0. The summed E-state index contributed by atoms with van der Waals surface area (Å²) in [6.07, 6.45) is 2.51. The molecule has 1 aliphatic rings. The molecule has 1 amide bonds. The van der Waals surface area contributed by atoms with Crippen LogP contribution in [0.5, 0.6) is 0 Å². The lowest BCUT2D eigenvalue weighted by molar-refractivity contribution is -0.0640. The van der Waals surface area contributed by atoms with Crippen LogP contribution in [0.4, 0.5) is 4.39 Å². The summed E-state index contributed by atoms with van der Waals surface area (Å²) in [6, 6.07) is 25.3. The van der Waals surface area contributed by atoms with Gasteiger partial charge in [0.2, 0.25) is 0 Å². The Labute approximate surface area is 195 Å². The third-order valence-electron chi connectivity index (χ3n) is 6.57. The molecule has 3 aromatic carbocycles. The van der Waals surface area contributed by atoms with Crippen molar-refractivity contribution in [1.29, 1.82) is 0 Å². The summed E-state index contributed by atoms with van der Waals surface area (Å²) in [4.78, 5) is 15.4. The molecule has 0 spiro atoms. The minimum Gasteiger partial charge on any atom is -0.388 e. The van der Waals surface area contributed by atoms with E-state index in [2.05, 4.69) is 34.5 Å². The predicted octanol–water partition coefficient (Wildman–Crippen LogP) is 4.75. The smallest absolute Gasteiger partial charge is 0.251 e. The van der Waals surface area contributed by atoms with Crippen molar-refractivity contribution in [3.8, 4) is 0 Å². The van der Waals surface area contributed by atoms with Crippen molar-refractivity contribution in [3.05, 3.63) is 107 Å². The first-order chi connectivity index (χ1) is 15.9. The molecule has 1 fully saturated rings. The van der Waals surface area contributed by atoms with Gasteiger partial charge in [-0.05, 0) is 68.1 Å². The second kappa shape index (κ2) is 10.3. The van der Waals surface area contributed by atoms with E-state index in [0.29, 0.717) is 12.0 Å². The molecule has 4 rings (SSSR count). The zero-order valence-corrected chi connectivity index (χ0v) is 19.0. The van der Waals surface area contributed by atoms with Gasteiger partial charge in [-0.2, -0.15) is 0 Å². The number of aryl methyl sites for hydroxylation is 1. The fraction of sp³-hybridized carbons (Fsp3) is 0.321. The summed E-state index contributed by atoms with van der Waals surface area (Å²) in [6.45, 7) is 3.39. The van der Waals surface area contributed by atoms with Crippen LogP contribution in [0.2, 0.25) is 0 Å². The monoisotopic (exact) mass is 446 g/mol. The second-order valence-corrected chi connectivity index (χ2v) is 9.05. The number of rotatable bonds is 7. The Morgan fingerprint density at radius 3 is 2.33 bits per heavy atom. The van der Waals surface area contributed by atoms with Gasteiger partial charge in [0.1, 0.15) is 5.82 Å². The first kappa shape index (κ1) is 23.1. The van der Waals surface area contributed by atoms with E-state index in [1.54, 1.807) is 6.92 Å². The molecule has 1 aliphatic heterocycles. The number of nitrogens with one attached hydrogen (secondary N) is 1. The number of halogens is 1. The maximum absolute atomic E-state index is 13.3. The van der Waals surface area contributed by atoms with Crippen molar-refractivity contribution in [2.75, 3.05) is 13.1 Å². The van der Waals surface area contributed by atoms with E-state index in [1.807, 2.05) is 36.4 Å². The Balaban J connectivity index is 1.57. The van der Waals surface area contributed by atoms with E-state index in [0.717, 1.165) is 31.5 Å². The standard InChI is InChI=1S/C28H31FN2O2/c1-28(33)18-20-31(19-8-11-21-9-4-2-5-10-21)25(22-12-6-3-7-13-22)26(28)30-27(32)23-14-16-24(29)17-15-23/h2-7,9-10,12-17,25-26,33H,8,11,18-20H2,1H3,(H,30,32)/t25-,26-,28+/m0/s1. The molecule has 0 unspecified atom stereocenters. The topological polar surface area (TPSA) is 52.6 Å². The molecule has 0 bridgehead atoms. The maximum atomic E-state index is 13.3. The number of carbonyl (C=O) groups is 1. The fourth-order valence-electron chi connectivity index (χ4n) is 4.71. The zero-order chi connectivity index (χ0) is 23.3. The Bertz CT molecular complexity index is 1040. The Morgan fingerprint density at radius 2 is 1.67 bits per heavy atom. The molecule has 172 valence electrons. The van der Waals surface area contributed by atoms with Crippen LogP contribution in [0.1, 0.15) is 47.3 Å². The molecule has 0 aliphatic carbocycles. The number of nitrogens with zero attached hydrogens (tertiary/aromatic N) is 1. The third kappa shape index (κ3) is 5.67. The summed E-state index contributed by atoms with van der Waals surface area (Å²) in [5, 5.41) is 14.4. The molecule has 0 aromatic heterocycles. The highest BCUT2D eigenvalue weighted by Crippen LogP contribution is 2.37. The number of piperidine rings is 1. The molecular weight excluding hydrogens is 415 g/mol. The highest BCUT2D eigenvalue weighted by Gasteiger charge is 2.46. The molecule has 4 nitrogen and oxygen atoms in total. The number of hydrogen-bond acceptors (Lipinski definition) is 3. The van der Waals surface area contributed by atoms with Gasteiger partial charge in [-0.25, -0.2) is 4.39 Å². The van der Waals surface area contributed by atoms with E-state index in [9.17, 15) is 14.3 Å². The number of carbonyl (C=O) groups excluding carboxylic acids is 1. The summed E-state index contributed by atoms with van der Waals surface area (Å²) >= 11 is 0. The maximum Gasteiger partial charge on any atom is 0.251 e. The van der Waals surface area contributed by atoms with E-state index < -0.39 is 11.6 Å². The largest absolute Gasteiger partial charge is 0.388 e. The number of amides is 1. The normalized spacial score (nSPS) is 23.2. The average Bonchev–Trinajstić information content (AvgIpc) is 2.83. The minimum atomic E-state index is -1.08. The van der Waals surface area contributed by atoms with Crippen LogP contribution in [0, 0.1) is 5.82 Å². The molecule has 3 aromatic rings. The van der Waals surface area contributed by atoms with E-state index in [-0.39, 0.29) is 17.8 Å². The van der Waals surface area contributed by atoms with Gasteiger partial charge in [0, 0.05) is 12.1 Å². The van der Waals surface area contributed by atoms with Crippen LogP contribution in [0.15, 0.2) is 84.9 Å². The van der Waals surface area contributed by atoms with Gasteiger partial charge in [-0.1, -0.05) is 60.7 Å². The molecule has 1 saturated heterocycles. The number of aliphatic hydroxyl groups is 1. The van der Waals surface area contributed by atoms with E-state index in [1.165, 1.54) is 29.8 Å². The lowest BCUT2D eigenvalue weighted by atomic mass is 9.79. The molecule has 0 saturated carbocycles. The number of benzene rings is 3. The molecule has 5 heteroatoms. The third-order valence-corrected chi connectivity index (χ3v) is 6.57. The van der Waals surface area contributed by atoms with Gasteiger partial charge in [-0.3, -0.25) is 9.69 Å². The quantitative estimate of drug-likeness (QED) is 0.551. The van der Waals surface area contributed by atoms with Crippen molar-refractivity contribution in [2.24, 2.45) is 0 Å². The van der Waals surface area contributed by atoms with Gasteiger partial charge in [0.15, 0.2) is 0 Å². The summed E-state index contributed by atoms with van der Waals surface area (Å²) in [7, 11) is 0. The SMILES string of the molecule is C[C@@]1(O)CCN(CCCc2ccccc2)[C@@H](c2ccccc2)[C@@H]1NC(=O)c1ccc(F)cc1. The van der Waals surface area contributed by atoms with Crippen LogP contribution in [-0.4, -0.2) is 40.6 Å². The van der Waals surface area contributed by atoms with Gasteiger partial charge >= 0.3 is 0 Å². The van der Waals surface area contributed by atoms with Crippen LogP contribution in [0.3, 0.4) is 0 Å². The number of likely N-dealkylation sites (tertiary alicyclic amines) is 1. The molecule has 3 atom stereocenters. The van der Waals surface area contributed by atoms with Crippen molar-refractivity contribution >= 4 is 5.91 Å². The van der Waals surface area contributed by atoms with E-state index in [4.69, 9.17) is 0 Å². The van der Waals surface area contributed by atoms with Gasteiger partial charge in [-0.15, -0.1) is 0 Å². The van der Waals surface area contributed by atoms with Crippen molar-refractivity contribution in [2.45, 2.75) is 43.9 Å². The Kier molecular flexibility index (Phi) is 7.21. The highest BCUT2D eigenvalue weighted by molar-refractivity contribution is 5.94. The highest BCUT2D eigenvalue weighted by atomic mass is 19.1. The van der Waals surface area contributed by atoms with Gasteiger partial charge in [0.25, 0.3) is 5.91 Å². The van der Waals surface area contributed by atoms with Crippen LogP contribution < -0.4 is 5.32 Å². The van der Waals surface area contributed by atoms with Crippen molar-refractivity contribution in [3.63, 3.8) is 0 Å². The van der Waals surface area contributed by atoms with Crippen LogP contribution in [0.25, 0.3) is 0 Å². The van der Waals surface area contributed by atoms with Gasteiger partial charge in [0.05, 0.1) is 17.7 Å². The van der Waals surface area contributed by atoms with E-state index >= 15 is 0 Å².